The highest BCUT2D eigenvalue weighted by molar-refractivity contribution is 6.17. The highest BCUT2D eigenvalue weighted by Gasteiger charge is 2.41. The summed E-state index contributed by atoms with van der Waals surface area (Å²) < 4.78 is 0.829. The minimum atomic E-state index is 0. The maximum atomic E-state index is 6.33. The fourth-order valence-electron chi connectivity index (χ4n) is 3.68. The van der Waals surface area contributed by atoms with Gasteiger partial charge in [-0.05, 0) is 13.3 Å². The van der Waals surface area contributed by atoms with Crippen LogP contribution in [0.5, 0.6) is 0 Å². The third kappa shape index (κ3) is 8.19. The van der Waals surface area contributed by atoms with Gasteiger partial charge < -0.3 is 16.9 Å². The first-order valence-electron chi connectivity index (χ1n) is 10.4. The topological polar surface area (TPSA) is 0 Å². The maximum Gasteiger partial charge on any atom is 0.155 e. The van der Waals surface area contributed by atoms with Gasteiger partial charge in [0.05, 0.1) is 14.1 Å². The monoisotopic (exact) mass is 401 g/mol. The first-order valence-corrected chi connectivity index (χ1v) is 11.0. The molecule has 0 aliphatic rings. The molecule has 0 aromatic heterocycles. The highest BCUT2D eigenvalue weighted by Crippen LogP contribution is 2.37. The van der Waals surface area contributed by atoms with E-state index >= 15 is 0 Å². The van der Waals surface area contributed by atoms with Gasteiger partial charge in [0.25, 0.3) is 0 Å². The van der Waals surface area contributed by atoms with Crippen molar-refractivity contribution in [3.05, 3.63) is 35.9 Å². The lowest BCUT2D eigenvalue weighted by molar-refractivity contribution is -0.938. The van der Waals surface area contributed by atoms with Crippen LogP contribution < -0.4 is 12.4 Å². The first kappa shape index (κ1) is 25.8. The number of alkyl halides is 1. The molecule has 0 aliphatic carbocycles. The average molecular weight is 402 g/mol. The van der Waals surface area contributed by atoms with Gasteiger partial charge in [-0.3, -0.25) is 0 Å². The Labute approximate surface area is 174 Å². The number of hydrogen-bond donors (Lipinski definition) is 0. The molecule has 3 heteroatoms. The van der Waals surface area contributed by atoms with Crippen molar-refractivity contribution in [1.29, 1.82) is 0 Å². The van der Waals surface area contributed by atoms with Gasteiger partial charge in [0.15, 0.2) is 6.00 Å². The quantitative estimate of drug-likeness (QED) is 0.186. The zero-order valence-corrected chi connectivity index (χ0v) is 19.1. The van der Waals surface area contributed by atoms with E-state index < -0.39 is 0 Å². The van der Waals surface area contributed by atoms with Crippen molar-refractivity contribution in [3.8, 4) is 0 Å². The van der Waals surface area contributed by atoms with Crippen LogP contribution in [0.3, 0.4) is 0 Å². The maximum absolute atomic E-state index is 6.33. The predicted octanol–water partition coefficient (Wildman–Crippen LogP) is 4.49. The summed E-state index contributed by atoms with van der Waals surface area (Å²) in [5.74, 6) is 0. The van der Waals surface area contributed by atoms with E-state index in [1.807, 2.05) is 0 Å². The average Bonchev–Trinajstić information content (AvgIpc) is 2.63. The number of rotatable bonds is 14. The Morgan fingerprint density at radius 3 is 1.73 bits per heavy atom. The van der Waals surface area contributed by atoms with Crippen LogP contribution >= 0.6 is 11.6 Å². The van der Waals surface area contributed by atoms with Crippen LogP contribution in [0.4, 0.5) is 0 Å². The molecular weight excluding hydrogens is 361 g/mol. The van der Waals surface area contributed by atoms with Crippen molar-refractivity contribution in [2.75, 3.05) is 20.1 Å². The molecule has 0 saturated heterocycles. The van der Waals surface area contributed by atoms with Gasteiger partial charge in [-0.1, -0.05) is 107 Å². The molecule has 0 heterocycles. The molecular formula is C23H41Cl2N. The molecule has 0 fully saturated rings. The van der Waals surface area contributed by atoms with Crippen LogP contribution in [0.1, 0.15) is 90.0 Å². The van der Waals surface area contributed by atoms with Gasteiger partial charge in [-0.25, -0.2) is 0 Å². The fraction of sp³-hybridized carbons (Fsp3) is 0.739. The van der Waals surface area contributed by atoms with Crippen molar-refractivity contribution in [2.45, 2.75) is 90.0 Å². The molecule has 1 aromatic rings. The Morgan fingerprint density at radius 2 is 1.27 bits per heavy atom. The highest BCUT2D eigenvalue weighted by atomic mass is 35.5. The third-order valence-corrected chi connectivity index (χ3v) is 6.65. The summed E-state index contributed by atoms with van der Waals surface area (Å²) in [4.78, 5) is 0. The van der Waals surface area contributed by atoms with E-state index in [-0.39, 0.29) is 17.9 Å². The van der Waals surface area contributed by atoms with Crippen LogP contribution in [0.25, 0.3) is 0 Å². The summed E-state index contributed by atoms with van der Waals surface area (Å²) in [6.45, 7) is 4.67. The van der Waals surface area contributed by atoms with E-state index in [1.54, 1.807) is 0 Å². The Morgan fingerprint density at radius 1 is 0.808 bits per heavy atom. The van der Waals surface area contributed by atoms with E-state index in [9.17, 15) is 0 Å². The number of hydrogen-bond acceptors (Lipinski definition) is 0. The van der Waals surface area contributed by atoms with Gasteiger partial charge in [-0.15, -0.1) is 0 Å². The standard InChI is InChI=1S/C23H41ClN.ClH/c1-5-6-7-8-9-10-11-12-13-17-20-23(2,25(3,4)21-24)22-18-15-14-16-19-22;/h14-16,18-19H,5-13,17,20-21H2,1-4H3;1H/q+1;/p-1. The number of halogens is 2. The third-order valence-electron chi connectivity index (χ3n) is 6.05. The second-order valence-corrected chi connectivity index (χ2v) is 8.62. The molecule has 0 N–H and O–H groups in total. The van der Waals surface area contributed by atoms with E-state index in [2.05, 4.69) is 58.3 Å². The van der Waals surface area contributed by atoms with Crippen molar-refractivity contribution >= 4 is 11.6 Å². The Bertz CT molecular complexity index is 447. The predicted molar refractivity (Wildman–Crippen MR) is 113 cm³/mol. The van der Waals surface area contributed by atoms with Gasteiger partial charge in [0.1, 0.15) is 5.54 Å². The second-order valence-electron chi connectivity index (χ2n) is 8.38. The lowest BCUT2D eigenvalue weighted by Crippen LogP contribution is -3.00. The molecule has 0 aliphatic heterocycles. The molecule has 1 rings (SSSR count). The number of unbranched alkanes of at least 4 members (excludes halogenated alkanes) is 9. The Hall–Kier alpha value is -0.240. The molecule has 1 aromatic carbocycles. The van der Waals surface area contributed by atoms with Crippen molar-refractivity contribution < 1.29 is 16.9 Å². The normalized spacial score (nSPS) is 13.9. The van der Waals surface area contributed by atoms with Crippen LogP contribution in [0.15, 0.2) is 30.3 Å². The SMILES string of the molecule is CCCCCCCCCCCCC(C)(c1ccccc1)[N+](C)(C)CCl.[Cl-]. The molecule has 0 bridgehead atoms. The van der Waals surface area contributed by atoms with Gasteiger partial charge in [0.2, 0.25) is 0 Å². The fourth-order valence-corrected chi connectivity index (χ4v) is 3.95. The summed E-state index contributed by atoms with van der Waals surface area (Å²) in [7, 11) is 4.52. The van der Waals surface area contributed by atoms with Crippen molar-refractivity contribution in [1.82, 2.24) is 0 Å². The summed E-state index contributed by atoms with van der Waals surface area (Å²) in [6, 6.07) is 11.6. The summed E-state index contributed by atoms with van der Waals surface area (Å²) in [6.07, 6.45) is 15.1. The lowest BCUT2D eigenvalue weighted by Gasteiger charge is -2.46. The van der Waals surface area contributed by atoms with Crippen LogP contribution in [0.2, 0.25) is 0 Å². The Kier molecular flexibility index (Phi) is 13.7. The molecule has 152 valence electrons. The van der Waals surface area contributed by atoms with Crippen molar-refractivity contribution in [2.24, 2.45) is 0 Å². The van der Waals surface area contributed by atoms with E-state index in [4.69, 9.17) is 11.6 Å². The van der Waals surface area contributed by atoms with Crippen LogP contribution in [-0.4, -0.2) is 24.6 Å². The Balaban J connectivity index is 0.00000625. The molecule has 1 nitrogen and oxygen atoms in total. The van der Waals surface area contributed by atoms with Gasteiger partial charge >= 0.3 is 0 Å². The molecule has 0 spiro atoms. The summed E-state index contributed by atoms with van der Waals surface area (Å²) in [5, 5.41) is 0. The molecule has 1 atom stereocenters. The van der Waals surface area contributed by atoms with Crippen LogP contribution in [0, 0.1) is 0 Å². The summed E-state index contributed by atoms with van der Waals surface area (Å²) >= 11 is 6.33. The number of benzene rings is 1. The second kappa shape index (κ2) is 13.9. The van der Waals surface area contributed by atoms with Gasteiger partial charge in [-0.2, -0.15) is 0 Å². The number of nitrogens with zero attached hydrogens (tertiary/aromatic N) is 1. The molecule has 1 unspecified atom stereocenters. The molecule has 0 saturated carbocycles. The smallest absolute Gasteiger partial charge is 0.155 e. The van der Waals surface area contributed by atoms with E-state index in [1.165, 1.54) is 76.2 Å². The molecule has 26 heavy (non-hydrogen) atoms. The number of quaternary nitrogens is 1. The lowest BCUT2D eigenvalue weighted by atomic mass is 9.83. The molecule has 0 radical (unpaired) electrons. The minimum absolute atomic E-state index is 0. The van der Waals surface area contributed by atoms with E-state index in [0.717, 1.165) is 4.48 Å². The summed E-state index contributed by atoms with van der Waals surface area (Å²) in [5.41, 5.74) is 1.50. The minimum Gasteiger partial charge on any atom is -1.00 e. The van der Waals surface area contributed by atoms with E-state index in [0.29, 0.717) is 6.00 Å². The largest absolute Gasteiger partial charge is 1.00 e. The zero-order chi connectivity index (χ0) is 18.6. The van der Waals surface area contributed by atoms with Gasteiger partial charge in [0, 0.05) is 12.0 Å². The zero-order valence-electron chi connectivity index (χ0n) is 17.6. The molecule has 0 amide bonds. The van der Waals surface area contributed by atoms with Crippen molar-refractivity contribution in [3.63, 3.8) is 0 Å². The van der Waals surface area contributed by atoms with Crippen LogP contribution in [-0.2, 0) is 5.54 Å². The first-order chi connectivity index (χ1) is 12.0.